The van der Waals surface area contributed by atoms with E-state index in [1.165, 1.54) is 5.56 Å². The number of rotatable bonds is 4. The molecule has 14 heavy (non-hydrogen) atoms. The SMILES string of the molecule is CC(CC(C)(C)O[Si])c1ccccc1. The lowest BCUT2D eigenvalue weighted by Gasteiger charge is -2.27. The normalized spacial score (nSPS) is 14.0. The Balaban J connectivity index is 2.64. The molecule has 3 radical (unpaired) electrons. The summed E-state index contributed by atoms with van der Waals surface area (Å²) in [7, 11) is 3.12. The fourth-order valence-corrected chi connectivity index (χ4v) is 1.76. The van der Waals surface area contributed by atoms with Crippen LogP contribution in [0.3, 0.4) is 0 Å². The number of hydrogen-bond donors (Lipinski definition) is 0. The van der Waals surface area contributed by atoms with E-state index in [0.29, 0.717) is 5.92 Å². The van der Waals surface area contributed by atoms with Gasteiger partial charge in [-0.05, 0) is 31.7 Å². The maximum absolute atomic E-state index is 5.24. The third-order valence-electron chi connectivity index (χ3n) is 2.44. The van der Waals surface area contributed by atoms with Gasteiger partial charge in [0.1, 0.15) is 0 Å². The summed E-state index contributed by atoms with van der Waals surface area (Å²) in [5, 5.41) is 0. The van der Waals surface area contributed by atoms with Crippen LogP contribution < -0.4 is 0 Å². The Bertz CT molecular complexity index is 269. The molecule has 1 aromatic rings. The van der Waals surface area contributed by atoms with Crippen LogP contribution in [0.4, 0.5) is 0 Å². The summed E-state index contributed by atoms with van der Waals surface area (Å²) in [5.74, 6) is 0.516. The summed E-state index contributed by atoms with van der Waals surface area (Å²) in [4.78, 5) is 0. The van der Waals surface area contributed by atoms with Crippen LogP contribution in [-0.4, -0.2) is 16.1 Å². The first-order valence-electron chi connectivity index (χ1n) is 4.95. The molecule has 2 heteroatoms. The van der Waals surface area contributed by atoms with Crippen molar-refractivity contribution in [3.8, 4) is 0 Å². The average Bonchev–Trinajstić information content (AvgIpc) is 2.19. The van der Waals surface area contributed by atoms with Crippen LogP contribution in [0, 0.1) is 0 Å². The molecule has 0 saturated carbocycles. The van der Waals surface area contributed by atoms with Gasteiger partial charge in [0.2, 0.25) is 10.5 Å². The van der Waals surface area contributed by atoms with Crippen LogP contribution in [-0.2, 0) is 4.43 Å². The first kappa shape index (κ1) is 11.5. The van der Waals surface area contributed by atoms with Crippen LogP contribution in [0.25, 0.3) is 0 Å². The summed E-state index contributed by atoms with van der Waals surface area (Å²) < 4.78 is 5.24. The second kappa shape index (κ2) is 4.76. The van der Waals surface area contributed by atoms with Crippen molar-refractivity contribution in [2.75, 3.05) is 0 Å². The van der Waals surface area contributed by atoms with Gasteiger partial charge < -0.3 is 4.43 Å². The molecule has 0 bridgehead atoms. The Labute approximate surface area is 90.0 Å². The summed E-state index contributed by atoms with van der Waals surface area (Å²) >= 11 is 0. The molecule has 0 amide bonds. The van der Waals surface area contributed by atoms with Crippen molar-refractivity contribution >= 4 is 10.5 Å². The summed E-state index contributed by atoms with van der Waals surface area (Å²) in [5.41, 5.74) is 1.25. The highest BCUT2D eigenvalue weighted by atomic mass is 28.2. The summed E-state index contributed by atoms with van der Waals surface area (Å²) in [6.45, 7) is 6.39. The minimum absolute atomic E-state index is 0.119. The summed E-state index contributed by atoms with van der Waals surface area (Å²) in [6.07, 6.45) is 1.00. The molecular weight excluding hydrogens is 188 g/mol. The first-order chi connectivity index (χ1) is 6.55. The molecule has 1 rings (SSSR count). The molecule has 0 aliphatic heterocycles. The van der Waals surface area contributed by atoms with Gasteiger partial charge in [-0.2, -0.15) is 0 Å². The highest BCUT2D eigenvalue weighted by Gasteiger charge is 2.20. The third-order valence-corrected chi connectivity index (χ3v) is 3.00. The van der Waals surface area contributed by atoms with E-state index in [-0.39, 0.29) is 5.60 Å². The van der Waals surface area contributed by atoms with Crippen molar-refractivity contribution in [3.05, 3.63) is 35.9 Å². The summed E-state index contributed by atoms with van der Waals surface area (Å²) in [6, 6.07) is 10.5. The Morgan fingerprint density at radius 1 is 1.29 bits per heavy atom. The van der Waals surface area contributed by atoms with E-state index in [9.17, 15) is 0 Å². The number of benzene rings is 1. The van der Waals surface area contributed by atoms with E-state index >= 15 is 0 Å². The van der Waals surface area contributed by atoms with Gasteiger partial charge in [-0.15, -0.1) is 0 Å². The lowest BCUT2D eigenvalue weighted by Crippen LogP contribution is -2.25. The van der Waals surface area contributed by atoms with Gasteiger partial charge in [-0.3, -0.25) is 0 Å². The van der Waals surface area contributed by atoms with Crippen LogP contribution in [0.1, 0.15) is 38.7 Å². The lowest BCUT2D eigenvalue weighted by molar-refractivity contribution is 0.105. The molecule has 0 heterocycles. The fourth-order valence-electron chi connectivity index (χ4n) is 1.68. The topological polar surface area (TPSA) is 9.23 Å². The van der Waals surface area contributed by atoms with Crippen molar-refractivity contribution in [1.82, 2.24) is 0 Å². The van der Waals surface area contributed by atoms with E-state index in [1.54, 1.807) is 0 Å². The second-order valence-corrected chi connectivity index (χ2v) is 4.58. The van der Waals surface area contributed by atoms with E-state index < -0.39 is 0 Å². The van der Waals surface area contributed by atoms with Gasteiger partial charge in [-0.25, -0.2) is 0 Å². The zero-order chi connectivity index (χ0) is 10.6. The molecule has 0 spiro atoms. The largest absolute Gasteiger partial charge is 0.414 e. The molecule has 1 nitrogen and oxygen atoms in total. The average molecular weight is 205 g/mol. The highest BCUT2D eigenvalue weighted by molar-refractivity contribution is 5.98. The molecule has 0 fully saturated rings. The highest BCUT2D eigenvalue weighted by Crippen LogP contribution is 2.26. The molecule has 0 aromatic heterocycles. The Morgan fingerprint density at radius 2 is 1.86 bits per heavy atom. The first-order valence-corrected chi connectivity index (χ1v) is 5.36. The quantitative estimate of drug-likeness (QED) is 0.686. The number of hydrogen-bond acceptors (Lipinski definition) is 1. The van der Waals surface area contributed by atoms with Crippen molar-refractivity contribution in [2.24, 2.45) is 0 Å². The van der Waals surface area contributed by atoms with Crippen LogP contribution in [0.2, 0.25) is 0 Å². The fraction of sp³-hybridized carbons (Fsp3) is 0.500. The smallest absolute Gasteiger partial charge is 0.246 e. The minimum atomic E-state index is -0.119. The van der Waals surface area contributed by atoms with Gasteiger partial charge in [0, 0.05) is 0 Å². The Morgan fingerprint density at radius 3 is 2.36 bits per heavy atom. The van der Waals surface area contributed by atoms with Gasteiger partial charge in [0.25, 0.3) is 0 Å². The van der Waals surface area contributed by atoms with E-state index in [2.05, 4.69) is 55.5 Å². The molecule has 1 atom stereocenters. The molecule has 75 valence electrons. The maximum atomic E-state index is 5.24. The van der Waals surface area contributed by atoms with E-state index in [4.69, 9.17) is 4.43 Å². The van der Waals surface area contributed by atoms with Crippen LogP contribution >= 0.6 is 0 Å². The third kappa shape index (κ3) is 3.27. The molecular formula is C12H17OSi. The standard InChI is InChI=1S/C12H17OSi/c1-10(9-12(2,3)13-14)11-7-5-4-6-8-11/h4-8,10H,9H2,1-3H3. The maximum Gasteiger partial charge on any atom is 0.246 e. The zero-order valence-corrected chi connectivity index (χ0v) is 10.1. The van der Waals surface area contributed by atoms with Crippen molar-refractivity contribution < 1.29 is 4.43 Å². The van der Waals surface area contributed by atoms with Crippen LogP contribution in [0.5, 0.6) is 0 Å². The van der Waals surface area contributed by atoms with Gasteiger partial charge >= 0.3 is 0 Å². The van der Waals surface area contributed by atoms with E-state index in [1.807, 2.05) is 6.07 Å². The van der Waals surface area contributed by atoms with Crippen molar-refractivity contribution in [1.29, 1.82) is 0 Å². The van der Waals surface area contributed by atoms with Crippen LogP contribution in [0.15, 0.2) is 30.3 Å². The second-order valence-electron chi connectivity index (χ2n) is 4.38. The van der Waals surface area contributed by atoms with Crippen molar-refractivity contribution in [3.63, 3.8) is 0 Å². The zero-order valence-electron chi connectivity index (χ0n) is 9.08. The monoisotopic (exact) mass is 205 g/mol. The van der Waals surface area contributed by atoms with E-state index in [0.717, 1.165) is 6.42 Å². The Kier molecular flexibility index (Phi) is 3.90. The predicted octanol–water partition coefficient (Wildman–Crippen LogP) is 3.06. The van der Waals surface area contributed by atoms with Gasteiger partial charge in [-0.1, -0.05) is 37.3 Å². The van der Waals surface area contributed by atoms with Gasteiger partial charge in [0.05, 0.1) is 5.60 Å². The van der Waals surface area contributed by atoms with Gasteiger partial charge in [0.15, 0.2) is 0 Å². The Hall–Kier alpha value is -0.603. The minimum Gasteiger partial charge on any atom is -0.414 e. The molecule has 0 aliphatic rings. The lowest BCUT2D eigenvalue weighted by atomic mass is 9.89. The molecule has 0 aliphatic carbocycles. The van der Waals surface area contributed by atoms with Crippen molar-refractivity contribution in [2.45, 2.75) is 38.7 Å². The molecule has 1 aromatic carbocycles. The molecule has 0 N–H and O–H groups in total. The predicted molar refractivity (Wildman–Crippen MR) is 60.4 cm³/mol. The molecule has 0 saturated heterocycles. The molecule has 1 unspecified atom stereocenters.